The second kappa shape index (κ2) is 5.05. The molecule has 84 valence electrons. The first-order valence-electron chi connectivity index (χ1n) is 5.46. The zero-order valence-corrected chi connectivity index (χ0v) is 10.1. The van der Waals surface area contributed by atoms with Crippen LogP contribution in [0.2, 0.25) is 0 Å². The highest BCUT2D eigenvalue weighted by atomic mass is 32.1. The van der Waals surface area contributed by atoms with Crippen LogP contribution in [-0.2, 0) is 11.2 Å². The third-order valence-corrected chi connectivity index (χ3v) is 3.88. The zero-order chi connectivity index (χ0) is 10.7. The van der Waals surface area contributed by atoms with Crippen molar-refractivity contribution in [3.05, 3.63) is 16.6 Å². The Morgan fingerprint density at radius 3 is 3.13 bits per heavy atom. The van der Waals surface area contributed by atoms with Gasteiger partial charge in [0.1, 0.15) is 0 Å². The van der Waals surface area contributed by atoms with Crippen LogP contribution in [-0.4, -0.2) is 30.8 Å². The van der Waals surface area contributed by atoms with Gasteiger partial charge in [0.15, 0.2) is 0 Å². The van der Waals surface area contributed by atoms with Crippen molar-refractivity contribution in [3.63, 3.8) is 0 Å². The number of nitrogens with zero attached hydrogens (tertiary/aromatic N) is 1. The monoisotopic (exact) mass is 226 g/mol. The Balaban J connectivity index is 1.92. The molecule has 2 heterocycles. The van der Waals surface area contributed by atoms with Crippen molar-refractivity contribution in [2.24, 2.45) is 5.92 Å². The van der Waals surface area contributed by atoms with Crippen LogP contribution < -0.4 is 5.32 Å². The number of ether oxygens (including phenoxy) is 1. The van der Waals surface area contributed by atoms with Gasteiger partial charge in [-0.15, -0.1) is 11.3 Å². The molecule has 0 aromatic carbocycles. The van der Waals surface area contributed by atoms with E-state index in [0.717, 1.165) is 13.0 Å². The summed E-state index contributed by atoms with van der Waals surface area (Å²) < 4.78 is 5.62. The van der Waals surface area contributed by atoms with E-state index in [0.29, 0.717) is 18.1 Å². The lowest BCUT2D eigenvalue weighted by Crippen LogP contribution is -2.35. The summed E-state index contributed by atoms with van der Waals surface area (Å²) >= 11 is 1.73. The van der Waals surface area contributed by atoms with Crippen molar-refractivity contribution < 1.29 is 4.74 Å². The molecule has 3 nitrogen and oxygen atoms in total. The molecule has 0 bridgehead atoms. The van der Waals surface area contributed by atoms with Gasteiger partial charge in [-0.3, -0.25) is 4.98 Å². The summed E-state index contributed by atoms with van der Waals surface area (Å²) in [6.07, 6.45) is 4.63. The van der Waals surface area contributed by atoms with Gasteiger partial charge in [0, 0.05) is 23.0 Å². The molecule has 0 saturated carbocycles. The van der Waals surface area contributed by atoms with Crippen molar-refractivity contribution in [3.8, 4) is 0 Å². The average Bonchev–Trinajstić information content (AvgIpc) is 2.85. The molecule has 1 fully saturated rings. The molecule has 1 aliphatic rings. The summed E-state index contributed by atoms with van der Waals surface area (Å²) in [6, 6.07) is 0.524. The van der Waals surface area contributed by atoms with Crippen molar-refractivity contribution in [1.29, 1.82) is 0 Å². The molecule has 0 radical (unpaired) electrons. The first-order valence-corrected chi connectivity index (χ1v) is 6.33. The lowest BCUT2D eigenvalue weighted by atomic mass is 9.94. The fourth-order valence-electron chi connectivity index (χ4n) is 2.19. The van der Waals surface area contributed by atoms with Gasteiger partial charge in [-0.2, -0.15) is 0 Å². The van der Waals surface area contributed by atoms with Crippen LogP contribution in [0.5, 0.6) is 0 Å². The molecule has 15 heavy (non-hydrogen) atoms. The standard InChI is InChI=1S/C11H18N2OS/c1-8-3-9(6-14-8)11(12-2)4-10-5-13-7-15-10/h5,7-9,11-12H,3-4,6H2,1-2H3. The van der Waals surface area contributed by atoms with Crippen molar-refractivity contribution in [2.75, 3.05) is 13.7 Å². The summed E-state index contributed by atoms with van der Waals surface area (Å²) in [7, 11) is 2.04. The molecule has 1 aromatic rings. The maximum absolute atomic E-state index is 5.62. The van der Waals surface area contributed by atoms with Crippen LogP contribution in [0.15, 0.2) is 11.7 Å². The molecule has 3 unspecified atom stereocenters. The molecule has 0 spiro atoms. The molecule has 1 aromatic heterocycles. The Morgan fingerprint density at radius 1 is 1.73 bits per heavy atom. The lowest BCUT2D eigenvalue weighted by Gasteiger charge is -2.20. The molecule has 1 aliphatic heterocycles. The summed E-state index contributed by atoms with van der Waals surface area (Å²) in [4.78, 5) is 5.47. The second-order valence-corrected chi connectivity index (χ2v) is 5.18. The van der Waals surface area contributed by atoms with Crippen LogP contribution in [0.3, 0.4) is 0 Å². The number of hydrogen-bond acceptors (Lipinski definition) is 4. The van der Waals surface area contributed by atoms with Crippen LogP contribution in [0.4, 0.5) is 0 Å². The number of nitrogens with one attached hydrogen (secondary N) is 1. The smallest absolute Gasteiger partial charge is 0.0794 e. The average molecular weight is 226 g/mol. The SMILES string of the molecule is CNC(Cc1cncs1)C1COC(C)C1. The normalized spacial score (nSPS) is 28.1. The summed E-state index contributed by atoms with van der Waals surface area (Å²) in [6.45, 7) is 3.05. The number of rotatable bonds is 4. The molecular weight excluding hydrogens is 208 g/mol. The van der Waals surface area contributed by atoms with Crippen molar-refractivity contribution >= 4 is 11.3 Å². The van der Waals surface area contributed by atoms with Gasteiger partial charge in [-0.05, 0) is 26.8 Å². The summed E-state index contributed by atoms with van der Waals surface area (Å²) in [5.41, 5.74) is 1.90. The molecule has 1 N–H and O–H groups in total. The number of thiazole rings is 1. The minimum Gasteiger partial charge on any atom is -0.378 e. The molecule has 1 saturated heterocycles. The molecule has 4 heteroatoms. The van der Waals surface area contributed by atoms with Gasteiger partial charge < -0.3 is 10.1 Å². The molecular formula is C11H18N2OS. The molecule has 3 atom stereocenters. The van der Waals surface area contributed by atoms with E-state index in [9.17, 15) is 0 Å². The molecule has 2 rings (SSSR count). The maximum atomic E-state index is 5.62. The van der Waals surface area contributed by atoms with Gasteiger partial charge in [0.25, 0.3) is 0 Å². The second-order valence-electron chi connectivity index (χ2n) is 4.21. The summed E-state index contributed by atoms with van der Waals surface area (Å²) in [5.74, 6) is 0.645. The Morgan fingerprint density at radius 2 is 2.60 bits per heavy atom. The third kappa shape index (κ3) is 2.77. The van der Waals surface area contributed by atoms with Gasteiger partial charge in [0.2, 0.25) is 0 Å². The predicted octanol–water partition coefficient (Wildman–Crippen LogP) is 1.70. The van der Waals surface area contributed by atoms with Gasteiger partial charge in [-0.25, -0.2) is 0 Å². The van der Waals surface area contributed by atoms with Gasteiger partial charge in [0.05, 0.1) is 18.2 Å². The van der Waals surface area contributed by atoms with Gasteiger partial charge in [-0.1, -0.05) is 0 Å². The fraction of sp³-hybridized carbons (Fsp3) is 0.727. The van der Waals surface area contributed by atoms with Crippen molar-refractivity contribution in [1.82, 2.24) is 10.3 Å². The third-order valence-electron chi connectivity index (χ3n) is 3.07. The lowest BCUT2D eigenvalue weighted by molar-refractivity contribution is 0.117. The van der Waals surface area contributed by atoms with E-state index in [1.807, 2.05) is 18.8 Å². The van der Waals surface area contributed by atoms with E-state index in [-0.39, 0.29) is 0 Å². The first-order chi connectivity index (χ1) is 7.29. The highest BCUT2D eigenvalue weighted by Crippen LogP contribution is 2.24. The topological polar surface area (TPSA) is 34.2 Å². The van der Waals surface area contributed by atoms with E-state index in [2.05, 4.69) is 17.2 Å². The van der Waals surface area contributed by atoms with Gasteiger partial charge >= 0.3 is 0 Å². The Kier molecular flexibility index (Phi) is 3.72. The summed E-state index contributed by atoms with van der Waals surface area (Å²) in [5, 5.41) is 3.40. The molecule has 0 amide bonds. The van der Waals surface area contributed by atoms with E-state index in [1.54, 1.807) is 11.3 Å². The van der Waals surface area contributed by atoms with Crippen LogP contribution >= 0.6 is 11.3 Å². The minimum absolute atomic E-state index is 0.423. The quantitative estimate of drug-likeness (QED) is 0.848. The first kappa shape index (κ1) is 11.0. The van der Waals surface area contributed by atoms with Crippen LogP contribution in [0.1, 0.15) is 18.2 Å². The minimum atomic E-state index is 0.423. The predicted molar refractivity (Wildman–Crippen MR) is 62.2 cm³/mol. The number of likely N-dealkylation sites (N-methyl/N-ethyl adjacent to an activating group) is 1. The zero-order valence-electron chi connectivity index (χ0n) is 9.27. The van der Waals surface area contributed by atoms with Crippen LogP contribution in [0.25, 0.3) is 0 Å². The Hall–Kier alpha value is -0.450. The van der Waals surface area contributed by atoms with E-state index in [1.165, 1.54) is 11.3 Å². The Bertz CT molecular complexity index is 289. The maximum Gasteiger partial charge on any atom is 0.0794 e. The largest absolute Gasteiger partial charge is 0.378 e. The van der Waals surface area contributed by atoms with Crippen LogP contribution in [0, 0.1) is 5.92 Å². The van der Waals surface area contributed by atoms with E-state index < -0.39 is 0 Å². The van der Waals surface area contributed by atoms with E-state index >= 15 is 0 Å². The van der Waals surface area contributed by atoms with E-state index in [4.69, 9.17) is 4.74 Å². The highest BCUT2D eigenvalue weighted by Gasteiger charge is 2.28. The molecule has 0 aliphatic carbocycles. The Labute approximate surface area is 94.9 Å². The highest BCUT2D eigenvalue weighted by molar-refractivity contribution is 7.09. The van der Waals surface area contributed by atoms with Crippen molar-refractivity contribution in [2.45, 2.75) is 31.9 Å². The number of hydrogen-bond donors (Lipinski definition) is 1. The fourth-order valence-corrected chi connectivity index (χ4v) is 2.85. The number of aromatic nitrogens is 1.